The summed E-state index contributed by atoms with van der Waals surface area (Å²) in [6.45, 7) is 2.06. The number of aliphatic imine (C=N–C) groups is 1. The molecule has 156 valence electrons. The van der Waals surface area contributed by atoms with Crippen molar-refractivity contribution in [2.75, 3.05) is 5.32 Å². The molecule has 0 aliphatic carbocycles. The van der Waals surface area contributed by atoms with E-state index < -0.39 is 6.04 Å². The van der Waals surface area contributed by atoms with Crippen LogP contribution in [0.3, 0.4) is 0 Å². The van der Waals surface area contributed by atoms with Crippen molar-refractivity contribution in [3.63, 3.8) is 0 Å². The van der Waals surface area contributed by atoms with Crippen LogP contribution in [0.4, 0.5) is 5.69 Å². The van der Waals surface area contributed by atoms with E-state index in [1.54, 1.807) is 0 Å². The first-order valence-electron chi connectivity index (χ1n) is 10.7. The third-order valence-corrected chi connectivity index (χ3v) is 5.34. The Bertz CT molecular complexity index is 1150. The standard InChI is InChI=1S/C29H25N3/c1-22-17-19-25(20-18-22)29(31-26-15-9-4-10-16-26)27(21-30)32-28(23-11-5-2-6-12-23)24-13-7-3-8-14-24/h2-20,27,29,31H,1H3. The lowest BCUT2D eigenvalue weighted by molar-refractivity contribution is 0.690. The second-order valence-electron chi connectivity index (χ2n) is 7.68. The lowest BCUT2D eigenvalue weighted by atomic mass is 9.97. The van der Waals surface area contributed by atoms with Crippen molar-refractivity contribution in [1.82, 2.24) is 0 Å². The first-order chi connectivity index (χ1) is 15.7. The van der Waals surface area contributed by atoms with Gasteiger partial charge >= 0.3 is 0 Å². The fraction of sp³-hybridized carbons (Fsp3) is 0.103. The van der Waals surface area contributed by atoms with Gasteiger partial charge in [-0.25, -0.2) is 0 Å². The van der Waals surface area contributed by atoms with Gasteiger partial charge in [-0.2, -0.15) is 5.26 Å². The van der Waals surface area contributed by atoms with E-state index in [-0.39, 0.29) is 6.04 Å². The summed E-state index contributed by atoms with van der Waals surface area (Å²) in [7, 11) is 0. The van der Waals surface area contributed by atoms with Gasteiger partial charge in [0.1, 0.15) is 0 Å². The zero-order valence-corrected chi connectivity index (χ0v) is 18.0. The second-order valence-corrected chi connectivity index (χ2v) is 7.68. The number of hydrogen-bond donors (Lipinski definition) is 1. The molecule has 0 aliphatic heterocycles. The summed E-state index contributed by atoms with van der Waals surface area (Å²) in [6.07, 6.45) is 0. The van der Waals surface area contributed by atoms with E-state index in [0.717, 1.165) is 28.1 Å². The quantitative estimate of drug-likeness (QED) is 0.347. The van der Waals surface area contributed by atoms with Gasteiger partial charge in [0.15, 0.2) is 6.04 Å². The van der Waals surface area contributed by atoms with Crippen LogP contribution in [-0.4, -0.2) is 11.8 Å². The number of nitrogens with zero attached hydrogens (tertiary/aromatic N) is 2. The van der Waals surface area contributed by atoms with E-state index in [0.29, 0.717) is 0 Å². The third-order valence-electron chi connectivity index (χ3n) is 5.34. The molecule has 0 saturated carbocycles. The summed E-state index contributed by atoms with van der Waals surface area (Å²) in [5.41, 5.74) is 5.94. The van der Waals surface area contributed by atoms with Gasteiger partial charge in [-0.15, -0.1) is 0 Å². The molecular weight excluding hydrogens is 390 g/mol. The summed E-state index contributed by atoms with van der Waals surface area (Å²) < 4.78 is 0. The number of rotatable bonds is 7. The lowest BCUT2D eigenvalue weighted by Crippen LogP contribution is -2.25. The highest BCUT2D eigenvalue weighted by Crippen LogP contribution is 2.26. The Kier molecular flexibility index (Phi) is 6.75. The van der Waals surface area contributed by atoms with Crippen LogP contribution in [0.15, 0.2) is 120 Å². The molecule has 2 unspecified atom stereocenters. The van der Waals surface area contributed by atoms with Crippen LogP contribution in [0.5, 0.6) is 0 Å². The van der Waals surface area contributed by atoms with Crippen LogP contribution >= 0.6 is 0 Å². The minimum absolute atomic E-state index is 0.301. The molecule has 0 aliphatic rings. The van der Waals surface area contributed by atoms with Crippen molar-refractivity contribution >= 4 is 11.4 Å². The van der Waals surface area contributed by atoms with Crippen LogP contribution in [0, 0.1) is 18.3 Å². The van der Waals surface area contributed by atoms with Crippen molar-refractivity contribution in [3.05, 3.63) is 138 Å². The molecule has 1 N–H and O–H groups in total. The maximum atomic E-state index is 10.2. The Hall–Kier alpha value is -4.16. The van der Waals surface area contributed by atoms with Gasteiger partial charge in [0, 0.05) is 16.8 Å². The molecule has 4 rings (SSSR count). The molecule has 4 aromatic rings. The van der Waals surface area contributed by atoms with E-state index >= 15 is 0 Å². The highest BCUT2D eigenvalue weighted by Gasteiger charge is 2.24. The number of hydrogen-bond acceptors (Lipinski definition) is 3. The average Bonchev–Trinajstić information content (AvgIpc) is 2.86. The van der Waals surface area contributed by atoms with Gasteiger partial charge in [-0.1, -0.05) is 109 Å². The molecule has 4 aromatic carbocycles. The average molecular weight is 416 g/mol. The summed E-state index contributed by atoms with van der Waals surface area (Å²) in [6, 6.07) is 39.9. The predicted octanol–water partition coefficient (Wildman–Crippen LogP) is 6.58. The van der Waals surface area contributed by atoms with Gasteiger partial charge in [-0.05, 0) is 24.6 Å². The largest absolute Gasteiger partial charge is 0.375 e. The van der Waals surface area contributed by atoms with E-state index in [1.165, 1.54) is 5.56 Å². The summed E-state index contributed by atoms with van der Waals surface area (Å²) in [4.78, 5) is 5.02. The number of para-hydroxylation sites is 1. The fourth-order valence-electron chi connectivity index (χ4n) is 3.66. The Morgan fingerprint density at radius 3 is 1.72 bits per heavy atom. The van der Waals surface area contributed by atoms with Gasteiger partial charge < -0.3 is 5.32 Å². The first kappa shape index (κ1) is 21.1. The molecule has 32 heavy (non-hydrogen) atoms. The SMILES string of the molecule is Cc1ccc(C(Nc2ccccc2)C(C#N)N=C(c2ccccc2)c2ccccc2)cc1. The lowest BCUT2D eigenvalue weighted by Gasteiger charge is -2.24. The zero-order valence-electron chi connectivity index (χ0n) is 18.0. The van der Waals surface area contributed by atoms with E-state index in [9.17, 15) is 5.26 Å². The topological polar surface area (TPSA) is 48.2 Å². The number of aryl methyl sites for hydroxylation is 1. The molecule has 0 amide bonds. The number of nitriles is 1. The number of anilines is 1. The Balaban J connectivity index is 1.80. The predicted molar refractivity (Wildman–Crippen MR) is 132 cm³/mol. The maximum Gasteiger partial charge on any atom is 0.161 e. The molecule has 0 bridgehead atoms. The van der Waals surface area contributed by atoms with Gasteiger partial charge in [0.05, 0.1) is 17.8 Å². The smallest absolute Gasteiger partial charge is 0.161 e. The van der Waals surface area contributed by atoms with E-state index in [1.807, 2.05) is 91.0 Å². The second kappa shape index (κ2) is 10.2. The Labute approximate surface area is 189 Å². The van der Waals surface area contributed by atoms with Crippen LogP contribution in [-0.2, 0) is 0 Å². The summed E-state index contributed by atoms with van der Waals surface area (Å²) >= 11 is 0. The monoisotopic (exact) mass is 415 g/mol. The van der Waals surface area contributed by atoms with Crippen molar-refractivity contribution in [1.29, 1.82) is 5.26 Å². The molecule has 0 heterocycles. The molecule has 0 aromatic heterocycles. The number of nitrogens with one attached hydrogen (secondary N) is 1. The minimum atomic E-state index is -0.631. The van der Waals surface area contributed by atoms with Crippen molar-refractivity contribution in [3.8, 4) is 6.07 Å². The maximum absolute atomic E-state index is 10.2. The molecule has 0 spiro atoms. The Morgan fingerprint density at radius 2 is 1.22 bits per heavy atom. The van der Waals surface area contributed by atoms with Crippen molar-refractivity contribution < 1.29 is 0 Å². The number of benzene rings is 4. The van der Waals surface area contributed by atoms with Crippen LogP contribution in [0.25, 0.3) is 0 Å². The molecular formula is C29H25N3. The minimum Gasteiger partial charge on any atom is -0.375 e. The van der Waals surface area contributed by atoms with Crippen molar-refractivity contribution in [2.24, 2.45) is 4.99 Å². The highest BCUT2D eigenvalue weighted by molar-refractivity contribution is 6.13. The van der Waals surface area contributed by atoms with Crippen molar-refractivity contribution in [2.45, 2.75) is 19.0 Å². The molecule has 0 radical (unpaired) electrons. The summed E-state index contributed by atoms with van der Waals surface area (Å²) in [5.74, 6) is 0. The van der Waals surface area contributed by atoms with Gasteiger partial charge in [0.25, 0.3) is 0 Å². The molecule has 3 heteroatoms. The molecule has 0 fully saturated rings. The molecule has 2 atom stereocenters. The van der Waals surface area contributed by atoms with E-state index in [4.69, 9.17) is 4.99 Å². The normalized spacial score (nSPS) is 12.2. The van der Waals surface area contributed by atoms with Crippen LogP contribution in [0.2, 0.25) is 0 Å². The third kappa shape index (κ3) is 5.11. The zero-order chi connectivity index (χ0) is 22.2. The molecule has 0 saturated heterocycles. The van der Waals surface area contributed by atoms with Crippen LogP contribution < -0.4 is 5.32 Å². The fourth-order valence-corrected chi connectivity index (χ4v) is 3.66. The summed E-state index contributed by atoms with van der Waals surface area (Å²) in [5, 5.41) is 13.8. The Morgan fingerprint density at radius 1 is 0.719 bits per heavy atom. The van der Waals surface area contributed by atoms with Gasteiger partial charge in [-0.3, -0.25) is 4.99 Å². The first-order valence-corrected chi connectivity index (χ1v) is 10.7. The highest BCUT2D eigenvalue weighted by atomic mass is 15.0. The van der Waals surface area contributed by atoms with E-state index in [2.05, 4.69) is 42.6 Å². The van der Waals surface area contributed by atoms with Gasteiger partial charge in [0.2, 0.25) is 0 Å². The molecule has 3 nitrogen and oxygen atoms in total. The van der Waals surface area contributed by atoms with Crippen LogP contribution in [0.1, 0.15) is 28.3 Å².